The fourth-order valence-electron chi connectivity index (χ4n) is 2.26. The van der Waals surface area contributed by atoms with Gasteiger partial charge >= 0.3 is 0 Å². The largest absolute Gasteiger partial charge is 0.492 e. The molecule has 0 atom stereocenters. The van der Waals surface area contributed by atoms with E-state index in [9.17, 15) is 0 Å². The molecular formula is C20H29IN4O. The Labute approximate surface area is 173 Å². The molecule has 6 heteroatoms. The second-order valence-electron chi connectivity index (χ2n) is 5.91. The number of rotatable bonds is 8. The van der Waals surface area contributed by atoms with Crippen LogP contribution in [-0.2, 0) is 6.42 Å². The summed E-state index contributed by atoms with van der Waals surface area (Å²) in [6.45, 7) is 8.96. The Morgan fingerprint density at radius 1 is 1.08 bits per heavy atom. The summed E-state index contributed by atoms with van der Waals surface area (Å²) in [4.78, 5) is 8.91. The van der Waals surface area contributed by atoms with E-state index < -0.39 is 0 Å². The van der Waals surface area contributed by atoms with Gasteiger partial charge < -0.3 is 15.4 Å². The molecule has 1 aromatic carbocycles. The Balaban J connectivity index is 0.00000338. The monoisotopic (exact) mass is 468 g/mol. The summed E-state index contributed by atoms with van der Waals surface area (Å²) < 4.78 is 5.72. The Hall–Kier alpha value is -1.83. The van der Waals surface area contributed by atoms with Crippen molar-refractivity contribution in [1.29, 1.82) is 0 Å². The maximum atomic E-state index is 5.72. The van der Waals surface area contributed by atoms with Gasteiger partial charge in [-0.25, -0.2) is 0 Å². The van der Waals surface area contributed by atoms with E-state index in [2.05, 4.69) is 40.5 Å². The lowest BCUT2D eigenvalue weighted by atomic mass is 10.2. The Morgan fingerprint density at radius 3 is 2.50 bits per heavy atom. The number of ether oxygens (including phenoxy) is 1. The molecule has 0 saturated heterocycles. The van der Waals surface area contributed by atoms with Crippen molar-refractivity contribution in [2.75, 3.05) is 26.2 Å². The maximum absolute atomic E-state index is 5.72. The zero-order chi connectivity index (χ0) is 17.9. The lowest BCUT2D eigenvalue weighted by Crippen LogP contribution is -2.39. The Kier molecular flexibility index (Phi) is 10.7. The van der Waals surface area contributed by atoms with E-state index in [1.807, 2.05) is 43.5 Å². The fourth-order valence-corrected chi connectivity index (χ4v) is 2.26. The quantitative estimate of drug-likeness (QED) is 0.270. The van der Waals surface area contributed by atoms with Gasteiger partial charge in [0.2, 0.25) is 0 Å². The molecule has 0 radical (unpaired) electrons. The van der Waals surface area contributed by atoms with E-state index in [1.165, 1.54) is 11.1 Å². The van der Waals surface area contributed by atoms with Crippen molar-refractivity contribution in [2.24, 2.45) is 4.99 Å². The Morgan fingerprint density at radius 2 is 1.85 bits per heavy atom. The number of nitrogens with zero attached hydrogens (tertiary/aromatic N) is 2. The van der Waals surface area contributed by atoms with Crippen LogP contribution in [0.5, 0.6) is 5.75 Å². The summed E-state index contributed by atoms with van der Waals surface area (Å²) in [5.74, 6) is 1.70. The molecule has 0 fully saturated rings. The number of benzene rings is 1. The average Bonchev–Trinajstić information content (AvgIpc) is 2.62. The van der Waals surface area contributed by atoms with Crippen molar-refractivity contribution in [1.82, 2.24) is 15.6 Å². The summed E-state index contributed by atoms with van der Waals surface area (Å²) in [6.07, 6.45) is 2.80. The molecule has 2 N–H and O–H groups in total. The van der Waals surface area contributed by atoms with Crippen molar-refractivity contribution in [3.05, 3.63) is 59.4 Å². The minimum Gasteiger partial charge on any atom is -0.492 e. The second kappa shape index (κ2) is 12.5. The minimum absolute atomic E-state index is 0. The number of guanidine groups is 1. The molecule has 0 amide bonds. The van der Waals surface area contributed by atoms with Gasteiger partial charge in [-0.2, -0.15) is 0 Å². The third-order valence-corrected chi connectivity index (χ3v) is 3.67. The van der Waals surface area contributed by atoms with Crippen LogP contribution >= 0.6 is 24.0 Å². The van der Waals surface area contributed by atoms with Crippen molar-refractivity contribution in [3.8, 4) is 5.75 Å². The van der Waals surface area contributed by atoms with Crippen molar-refractivity contribution in [2.45, 2.75) is 27.2 Å². The molecule has 5 nitrogen and oxygen atoms in total. The average molecular weight is 468 g/mol. The van der Waals surface area contributed by atoms with Crippen LogP contribution in [0.1, 0.15) is 23.7 Å². The lowest BCUT2D eigenvalue weighted by Gasteiger charge is -2.12. The summed E-state index contributed by atoms with van der Waals surface area (Å²) in [6, 6.07) is 12.2. The van der Waals surface area contributed by atoms with Crippen molar-refractivity contribution in [3.63, 3.8) is 0 Å². The molecule has 0 aliphatic rings. The van der Waals surface area contributed by atoms with Crippen molar-refractivity contribution < 1.29 is 4.74 Å². The number of aliphatic imine (C=N–C) groups is 1. The van der Waals surface area contributed by atoms with Gasteiger partial charge in [-0.05, 0) is 51.0 Å². The first kappa shape index (κ1) is 22.2. The number of aryl methyl sites for hydroxylation is 2. The maximum Gasteiger partial charge on any atom is 0.191 e. The van der Waals surface area contributed by atoms with E-state index in [1.54, 1.807) is 0 Å². The zero-order valence-electron chi connectivity index (χ0n) is 15.8. The summed E-state index contributed by atoms with van der Waals surface area (Å²) in [5.41, 5.74) is 3.47. The first-order chi connectivity index (χ1) is 12.2. The zero-order valence-corrected chi connectivity index (χ0v) is 18.1. The van der Waals surface area contributed by atoms with Gasteiger partial charge in [-0.1, -0.05) is 23.8 Å². The van der Waals surface area contributed by atoms with Crippen LogP contribution in [0, 0.1) is 13.8 Å². The van der Waals surface area contributed by atoms with Crippen LogP contribution in [0.15, 0.2) is 47.6 Å². The predicted molar refractivity (Wildman–Crippen MR) is 119 cm³/mol. The minimum atomic E-state index is 0. The molecule has 0 unspecified atom stereocenters. The summed E-state index contributed by atoms with van der Waals surface area (Å²) >= 11 is 0. The van der Waals surface area contributed by atoms with E-state index in [-0.39, 0.29) is 24.0 Å². The normalized spacial score (nSPS) is 10.8. The van der Waals surface area contributed by atoms with Gasteiger partial charge in [0.25, 0.3) is 0 Å². The number of hydrogen-bond acceptors (Lipinski definition) is 3. The van der Waals surface area contributed by atoms with Gasteiger partial charge in [0.15, 0.2) is 5.96 Å². The predicted octanol–water partition coefficient (Wildman–Crippen LogP) is 3.49. The summed E-state index contributed by atoms with van der Waals surface area (Å²) in [5, 5.41) is 6.55. The lowest BCUT2D eigenvalue weighted by molar-refractivity contribution is 0.322. The number of halogens is 1. The molecule has 0 bridgehead atoms. The molecular weight excluding hydrogens is 439 g/mol. The molecule has 0 spiro atoms. The van der Waals surface area contributed by atoms with E-state index in [0.717, 1.165) is 36.9 Å². The highest BCUT2D eigenvalue weighted by Gasteiger charge is 1.99. The number of nitrogens with one attached hydrogen (secondary N) is 2. The van der Waals surface area contributed by atoms with Crippen LogP contribution in [0.4, 0.5) is 0 Å². The SMILES string of the molecule is CCNC(=NCCc1ccc(C)nc1)NCCOc1ccc(C)cc1.I. The van der Waals surface area contributed by atoms with Gasteiger partial charge in [0.05, 0.1) is 6.54 Å². The molecule has 0 saturated carbocycles. The molecule has 0 aliphatic heterocycles. The highest BCUT2D eigenvalue weighted by molar-refractivity contribution is 14.0. The molecule has 26 heavy (non-hydrogen) atoms. The number of pyridine rings is 1. The van der Waals surface area contributed by atoms with Gasteiger partial charge in [-0.3, -0.25) is 9.98 Å². The molecule has 2 rings (SSSR count). The number of aromatic nitrogens is 1. The van der Waals surface area contributed by atoms with E-state index >= 15 is 0 Å². The fraction of sp³-hybridized carbons (Fsp3) is 0.400. The third kappa shape index (κ3) is 8.51. The third-order valence-electron chi connectivity index (χ3n) is 3.67. The first-order valence-corrected chi connectivity index (χ1v) is 8.80. The van der Waals surface area contributed by atoms with Gasteiger partial charge in [0.1, 0.15) is 12.4 Å². The van der Waals surface area contributed by atoms with Crippen LogP contribution in [0.25, 0.3) is 0 Å². The molecule has 1 aromatic heterocycles. The second-order valence-corrected chi connectivity index (χ2v) is 5.91. The van der Waals surface area contributed by atoms with Crippen LogP contribution in [-0.4, -0.2) is 37.2 Å². The first-order valence-electron chi connectivity index (χ1n) is 8.80. The van der Waals surface area contributed by atoms with Gasteiger partial charge in [0, 0.05) is 25.0 Å². The van der Waals surface area contributed by atoms with E-state index in [4.69, 9.17) is 4.74 Å². The molecule has 1 heterocycles. The van der Waals surface area contributed by atoms with Gasteiger partial charge in [-0.15, -0.1) is 24.0 Å². The van der Waals surface area contributed by atoms with Crippen LogP contribution < -0.4 is 15.4 Å². The standard InChI is InChI=1S/C20H28N4O.HI/c1-4-21-20(22-12-11-18-8-7-17(3)24-15-18)23-13-14-25-19-9-5-16(2)6-10-19;/h5-10,15H,4,11-14H2,1-3H3,(H2,21,22,23);1H. The summed E-state index contributed by atoms with van der Waals surface area (Å²) in [7, 11) is 0. The highest BCUT2D eigenvalue weighted by Crippen LogP contribution is 2.10. The topological polar surface area (TPSA) is 58.5 Å². The molecule has 0 aliphatic carbocycles. The Bertz CT molecular complexity index is 657. The van der Waals surface area contributed by atoms with Crippen LogP contribution in [0.3, 0.4) is 0 Å². The molecule has 2 aromatic rings. The smallest absolute Gasteiger partial charge is 0.191 e. The highest BCUT2D eigenvalue weighted by atomic mass is 127. The molecule has 142 valence electrons. The van der Waals surface area contributed by atoms with Crippen molar-refractivity contribution >= 4 is 29.9 Å². The number of hydrogen-bond donors (Lipinski definition) is 2. The van der Waals surface area contributed by atoms with E-state index in [0.29, 0.717) is 13.2 Å². The van der Waals surface area contributed by atoms with Crippen LogP contribution in [0.2, 0.25) is 0 Å².